The average Bonchev–Trinajstić information content (AvgIpc) is 2.24. The third kappa shape index (κ3) is 3.20. The molecule has 0 atom stereocenters. The monoisotopic (exact) mass is 225 g/mol. The van der Waals surface area contributed by atoms with Gasteiger partial charge in [0.15, 0.2) is 0 Å². The van der Waals surface area contributed by atoms with Gasteiger partial charge in [-0.1, -0.05) is 0 Å². The predicted molar refractivity (Wildman–Crippen MR) is 57.9 cm³/mol. The van der Waals surface area contributed by atoms with E-state index >= 15 is 0 Å². The molecule has 1 N–H and O–H groups in total. The number of hydrogen-bond acceptors (Lipinski definition) is 4. The number of carboxylic acid groups (broad SMARTS) is 1. The van der Waals surface area contributed by atoms with Gasteiger partial charge in [0.05, 0.1) is 6.61 Å². The molecule has 88 valence electrons. The molecule has 0 fully saturated rings. The van der Waals surface area contributed by atoms with Crippen molar-refractivity contribution in [2.24, 2.45) is 0 Å². The fourth-order valence-electron chi connectivity index (χ4n) is 1.24. The van der Waals surface area contributed by atoms with Gasteiger partial charge in [-0.05, 0) is 25.5 Å². The minimum absolute atomic E-state index is 0.110. The Morgan fingerprint density at radius 1 is 1.50 bits per heavy atom. The van der Waals surface area contributed by atoms with Crippen molar-refractivity contribution in [3.8, 4) is 5.88 Å². The van der Waals surface area contributed by atoms with Gasteiger partial charge >= 0.3 is 5.97 Å². The van der Waals surface area contributed by atoms with Crippen molar-refractivity contribution in [2.75, 3.05) is 19.8 Å². The second-order valence-electron chi connectivity index (χ2n) is 3.16. The highest BCUT2D eigenvalue weighted by Gasteiger charge is 2.15. The molecule has 0 spiro atoms. The normalized spacial score (nSPS) is 10.1. The first kappa shape index (κ1) is 12.4. The molecule has 0 aliphatic rings. The Hall–Kier alpha value is -1.62. The van der Waals surface area contributed by atoms with Gasteiger partial charge in [0.1, 0.15) is 12.2 Å². The largest absolute Gasteiger partial charge is 0.477 e. The van der Waals surface area contributed by atoms with Crippen LogP contribution in [0.25, 0.3) is 0 Å². The van der Waals surface area contributed by atoms with E-state index in [0.717, 1.165) is 0 Å². The summed E-state index contributed by atoms with van der Waals surface area (Å²) < 4.78 is 10.4. The van der Waals surface area contributed by atoms with Gasteiger partial charge in [0.2, 0.25) is 5.88 Å². The van der Waals surface area contributed by atoms with E-state index in [9.17, 15) is 4.79 Å². The number of aryl methyl sites for hydroxylation is 1. The van der Waals surface area contributed by atoms with E-state index in [-0.39, 0.29) is 11.4 Å². The van der Waals surface area contributed by atoms with Crippen molar-refractivity contribution in [3.05, 3.63) is 23.4 Å². The summed E-state index contributed by atoms with van der Waals surface area (Å²) in [6, 6.07) is 1.64. The second kappa shape index (κ2) is 6.07. The number of hydrogen-bond donors (Lipinski definition) is 1. The highest BCUT2D eigenvalue weighted by atomic mass is 16.5. The minimum atomic E-state index is -1.03. The molecule has 1 heterocycles. The van der Waals surface area contributed by atoms with Gasteiger partial charge in [-0.2, -0.15) is 0 Å². The van der Waals surface area contributed by atoms with Crippen molar-refractivity contribution in [1.82, 2.24) is 4.98 Å². The Bertz CT molecular complexity index is 365. The molecular weight excluding hydrogens is 210 g/mol. The van der Waals surface area contributed by atoms with Crippen LogP contribution in [0.4, 0.5) is 0 Å². The van der Waals surface area contributed by atoms with Crippen molar-refractivity contribution >= 4 is 5.97 Å². The molecular formula is C11H15NO4. The van der Waals surface area contributed by atoms with E-state index in [2.05, 4.69) is 4.98 Å². The zero-order valence-corrected chi connectivity index (χ0v) is 9.40. The van der Waals surface area contributed by atoms with E-state index in [4.69, 9.17) is 14.6 Å². The van der Waals surface area contributed by atoms with Gasteiger partial charge < -0.3 is 14.6 Å². The third-order valence-corrected chi connectivity index (χ3v) is 2.01. The number of ether oxygens (including phenoxy) is 2. The Kier molecular flexibility index (Phi) is 4.72. The van der Waals surface area contributed by atoms with E-state index in [1.54, 1.807) is 13.0 Å². The Morgan fingerprint density at radius 3 is 2.88 bits per heavy atom. The van der Waals surface area contributed by atoms with Crippen LogP contribution in [0, 0.1) is 6.92 Å². The molecule has 0 aliphatic heterocycles. The van der Waals surface area contributed by atoms with Crippen molar-refractivity contribution < 1.29 is 19.4 Å². The lowest BCUT2D eigenvalue weighted by Crippen LogP contribution is -2.11. The Labute approximate surface area is 94.0 Å². The highest BCUT2D eigenvalue weighted by molar-refractivity contribution is 5.91. The molecule has 0 radical (unpaired) electrons. The smallest absolute Gasteiger partial charge is 0.341 e. The summed E-state index contributed by atoms with van der Waals surface area (Å²) in [4.78, 5) is 14.9. The van der Waals surface area contributed by atoms with E-state index in [0.29, 0.717) is 25.4 Å². The maximum Gasteiger partial charge on any atom is 0.341 e. The number of aromatic nitrogens is 1. The molecule has 5 nitrogen and oxygen atoms in total. The Morgan fingerprint density at radius 2 is 2.25 bits per heavy atom. The van der Waals surface area contributed by atoms with Gasteiger partial charge in [-0.15, -0.1) is 0 Å². The summed E-state index contributed by atoms with van der Waals surface area (Å²) >= 11 is 0. The number of carbonyl (C=O) groups is 1. The first-order valence-corrected chi connectivity index (χ1v) is 5.06. The van der Waals surface area contributed by atoms with E-state index in [1.165, 1.54) is 6.20 Å². The molecule has 1 rings (SSSR count). The lowest BCUT2D eigenvalue weighted by molar-refractivity contribution is 0.0684. The third-order valence-electron chi connectivity index (χ3n) is 2.01. The maximum absolute atomic E-state index is 11.0. The molecule has 16 heavy (non-hydrogen) atoms. The van der Waals surface area contributed by atoms with Crippen LogP contribution in [0.5, 0.6) is 5.88 Å². The van der Waals surface area contributed by atoms with Gasteiger partial charge in [-0.25, -0.2) is 9.78 Å². The van der Waals surface area contributed by atoms with Crippen LogP contribution in [0.3, 0.4) is 0 Å². The molecule has 0 unspecified atom stereocenters. The summed E-state index contributed by atoms with van der Waals surface area (Å²) in [5.41, 5.74) is 0.743. The maximum atomic E-state index is 11.0. The fourth-order valence-corrected chi connectivity index (χ4v) is 1.24. The first-order chi connectivity index (χ1) is 7.66. The zero-order valence-electron chi connectivity index (χ0n) is 9.40. The van der Waals surface area contributed by atoms with Crippen LogP contribution >= 0.6 is 0 Å². The summed E-state index contributed by atoms with van der Waals surface area (Å²) in [5.74, 6) is -0.885. The van der Waals surface area contributed by atoms with Crippen molar-refractivity contribution in [3.63, 3.8) is 0 Å². The number of aromatic carboxylic acids is 1. The first-order valence-electron chi connectivity index (χ1n) is 5.06. The lowest BCUT2D eigenvalue weighted by Gasteiger charge is -2.09. The quantitative estimate of drug-likeness (QED) is 0.743. The highest BCUT2D eigenvalue weighted by Crippen LogP contribution is 2.18. The van der Waals surface area contributed by atoms with Crippen LogP contribution in [-0.2, 0) is 4.74 Å². The van der Waals surface area contributed by atoms with Crippen LogP contribution in [-0.4, -0.2) is 35.9 Å². The predicted octanol–water partition coefficient (Wildman–Crippen LogP) is 1.50. The SMILES string of the molecule is CCOCCOc1nccc(C)c1C(=O)O. The summed E-state index contributed by atoms with van der Waals surface area (Å²) in [6.45, 7) is 4.92. The van der Waals surface area contributed by atoms with E-state index in [1.807, 2.05) is 6.92 Å². The lowest BCUT2D eigenvalue weighted by atomic mass is 10.1. The van der Waals surface area contributed by atoms with Gasteiger partial charge in [0, 0.05) is 12.8 Å². The second-order valence-corrected chi connectivity index (χ2v) is 3.16. The molecule has 0 amide bonds. The molecule has 0 aromatic carbocycles. The number of carboxylic acids is 1. The van der Waals surface area contributed by atoms with Gasteiger partial charge in [-0.3, -0.25) is 0 Å². The Balaban J connectivity index is 2.71. The average molecular weight is 225 g/mol. The summed E-state index contributed by atoms with van der Waals surface area (Å²) in [6.07, 6.45) is 1.53. The van der Waals surface area contributed by atoms with Crippen LogP contribution < -0.4 is 4.74 Å². The molecule has 0 bridgehead atoms. The number of rotatable bonds is 6. The molecule has 1 aromatic rings. The fraction of sp³-hybridized carbons (Fsp3) is 0.455. The molecule has 0 saturated carbocycles. The number of pyridine rings is 1. The molecule has 0 saturated heterocycles. The van der Waals surface area contributed by atoms with Crippen LogP contribution in [0.1, 0.15) is 22.8 Å². The molecule has 0 aliphatic carbocycles. The van der Waals surface area contributed by atoms with Crippen molar-refractivity contribution in [2.45, 2.75) is 13.8 Å². The topological polar surface area (TPSA) is 68.7 Å². The standard InChI is InChI=1S/C11H15NO4/c1-3-15-6-7-16-10-9(11(13)14)8(2)4-5-12-10/h4-5H,3,6-7H2,1-2H3,(H,13,14). The number of nitrogens with zero attached hydrogens (tertiary/aromatic N) is 1. The summed E-state index contributed by atoms with van der Waals surface area (Å²) in [7, 11) is 0. The van der Waals surface area contributed by atoms with Crippen molar-refractivity contribution in [1.29, 1.82) is 0 Å². The van der Waals surface area contributed by atoms with Crippen LogP contribution in [0.2, 0.25) is 0 Å². The van der Waals surface area contributed by atoms with Gasteiger partial charge in [0.25, 0.3) is 0 Å². The summed E-state index contributed by atoms with van der Waals surface area (Å²) in [5, 5.41) is 9.00. The minimum Gasteiger partial charge on any atom is -0.477 e. The molecule has 5 heteroatoms. The zero-order chi connectivity index (χ0) is 12.0. The van der Waals surface area contributed by atoms with E-state index < -0.39 is 5.97 Å². The molecule has 1 aromatic heterocycles. The van der Waals surface area contributed by atoms with Crippen LogP contribution in [0.15, 0.2) is 12.3 Å².